The van der Waals surface area contributed by atoms with E-state index in [1.54, 1.807) is 31.2 Å². The van der Waals surface area contributed by atoms with Gasteiger partial charge in [0.1, 0.15) is 11.8 Å². The van der Waals surface area contributed by atoms with Crippen LogP contribution < -0.4 is 10.0 Å². The number of carbonyl (C=O) groups excluding carboxylic acids is 2. The third-order valence-corrected chi connectivity index (χ3v) is 5.95. The highest BCUT2D eigenvalue weighted by atomic mass is 32.2. The van der Waals surface area contributed by atoms with Gasteiger partial charge in [-0.05, 0) is 58.4 Å². The molecular formula is C22H31N3O5S. The Balaban J connectivity index is 2.21. The van der Waals surface area contributed by atoms with Crippen molar-refractivity contribution < 1.29 is 22.4 Å². The first-order valence-corrected chi connectivity index (χ1v) is 11.6. The quantitative estimate of drug-likeness (QED) is 0.612. The highest BCUT2D eigenvalue weighted by molar-refractivity contribution is 7.89. The number of hydrogen-bond acceptors (Lipinski definition) is 5. The molecule has 0 bridgehead atoms. The number of aryl methyl sites for hydroxylation is 1. The normalized spacial score (nSPS) is 12.9. The minimum absolute atomic E-state index is 0.0498. The molecule has 31 heavy (non-hydrogen) atoms. The topological polar surface area (TPSA) is 109 Å². The third-order valence-electron chi connectivity index (χ3n) is 4.54. The van der Waals surface area contributed by atoms with Crippen molar-refractivity contribution in [2.75, 3.05) is 6.54 Å². The molecule has 2 N–H and O–H groups in total. The van der Waals surface area contributed by atoms with E-state index in [0.29, 0.717) is 12.2 Å². The molecule has 1 heterocycles. The molecule has 0 fully saturated rings. The van der Waals surface area contributed by atoms with Crippen LogP contribution in [0.2, 0.25) is 0 Å². The molecule has 170 valence electrons. The monoisotopic (exact) mass is 449 g/mol. The zero-order valence-electron chi connectivity index (χ0n) is 18.6. The Morgan fingerprint density at radius 1 is 1.13 bits per heavy atom. The van der Waals surface area contributed by atoms with Crippen molar-refractivity contribution in [1.29, 1.82) is 0 Å². The number of amides is 2. The van der Waals surface area contributed by atoms with Gasteiger partial charge in [0.25, 0.3) is 0 Å². The molecule has 9 heteroatoms. The Labute approximate surface area is 184 Å². The molecule has 0 saturated heterocycles. The highest BCUT2D eigenvalue weighted by Crippen LogP contribution is 2.15. The molecule has 1 atom stereocenters. The Bertz CT molecular complexity index is 977. The fourth-order valence-corrected chi connectivity index (χ4v) is 3.98. The Morgan fingerprint density at radius 3 is 2.29 bits per heavy atom. The number of carbonyl (C=O) groups is 2. The summed E-state index contributed by atoms with van der Waals surface area (Å²) in [6, 6.07) is 8.94. The molecule has 2 rings (SSSR count). The summed E-state index contributed by atoms with van der Waals surface area (Å²) in [6.45, 7) is 8.79. The second-order valence-corrected chi connectivity index (χ2v) is 10.2. The summed E-state index contributed by atoms with van der Waals surface area (Å²) in [6.07, 6.45) is 1.84. The summed E-state index contributed by atoms with van der Waals surface area (Å²) in [7, 11) is -3.87. The molecule has 8 nitrogen and oxygen atoms in total. The second kappa shape index (κ2) is 10.1. The summed E-state index contributed by atoms with van der Waals surface area (Å²) in [4.78, 5) is 27.3. The van der Waals surface area contributed by atoms with Crippen LogP contribution in [0.1, 0.15) is 45.4 Å². The van der Waals surface area contributed by atoms with E-state index in [1.807, 2.05) is 27.7 Å². The lowest BCUT2D eigenvalue weighted by atomic mass is 10.1. The number of rotatable bonds is 9. The SMILES string of the molecule is CCC(C(=O)NC(C)(C)C)N(Cc1ccco1)C(=O)CNS(=O)(=O)c1ccc(C)cc1. The summed E-state index contributed by atoms with van der Waals surface area (Å²) in [5.41, 5.74) is 0.451. The molecule has 2 aromatic rings. The van der Waals surface area contributed by atoms with Gasteiger partial charge < -0.3 is 14.6 Å². The van der Waals surface area contributed by atoms with Gasteiger partial charge in [0.2, 0.25) is 21.8 Å². The first-order chi connectivity index (χ1) is 14.4. The van der Waals surface area contributed by atoms with Crippen LogP contribution in [0.4, 0.5) is 0 Å². The van der Waals surface area contributed by atoms with Gasteiger partial charge in [-0.25, -0.2) is 13.1 Å². The highest BCUT2D eigenvalue weighted by Gasteiger charge is 2.31. The van der Waals surface area contributed by atoms with Crippen molar-refractivity contribution in [2.24, 2.45) is 0 Å². The van der Waals surface area contributed by atoms with Gasteiger partial charge in [0.05, 0.1) is 24.2 Å². The van der Waals surface area contributed by atoms with Crippen LogP contribution in [0.25, 0.3) is 0 Å². The van der Waals surface area contributed by atoms with Gasteiger partial charge in [-0.1, -0.05) is 24.6 Å². The van der Waals surface area contributed by atoms with Crippen LogP contribution in [0.15, 0.2) is 52.0 Å². The summed E-state index contributed by atoms with van der Waals surface area (Å²) in [5, 5.41) is 2.89. The Morgan fingerprint density at radius 2 is 1.77 bits per heavy atom. The van der Waals surface area contributed by atoms with Crippen LogP contribution in [-0.2, 0) is 26.2 Å². The average Bonchev–Trinajstić information content (AvgIpc) is 3.18. The van der Waals surface area contributed by atoms with Gasteiger partial charge in [0, 0.05) is 5.54 Å². The maximum atomic E-state index is 13.0. The second-order valence-electron chi connectivity index (χ2n) is 8.40. The molecule has 0 spiro atoms. The molecule has 1 aromatic carbocycles. The third kappa shape index (κ3) is 7.22. The molecule has 2 amide bonds. The largest absolute Gasteiger partial charge is 0.467 e. The van der Waals surface area contributed by atoms with Crippen LogP contribution in [0.3, 0.4) is 0 Å². The van der Waals surface area contributed by atoms with E-state index in [0.717, 1.165) is 5.56 Å². The van der Waals surface area contributed by atoms with Gasteiger partial charge in [-0.15, -0.1) is 0 Å². The maximum absolute atomic E-state index is 13.0. The van der Waals surface area contributed by atoms with E-state index in [-0.39, 0.29) is 17.3 Å². The fraction of sp³-hybridized carbons (Fsp3) is 0.455. The van der Waals surface area contributed by atoms with Crippen LogP contribution in [0.5, 0.6) is 0 Å². The number of nitrogens with one attached hydrogen (secondary N) is 2. The molecule has 0 saturated carbocycles. The zero-order valence-corrected chi connectivity index (χ0v) is 19.5. The number of furan rings is 1. The van der Waals surface area contributed by atoms with Crippen molar-refractivity contribution in [3.05, 3.63) is 54.0 Å². The zero-order chi connectivity index (χ0) is 23.2. The molecule has 1 unspecified atom stereocenters. The van der Waals surface area contributed by atoms with E-state index >= 15 is 0 Å². The van der Waals surface area contributed by atoms with Gasteiger partial charge >= 0.3 is 0 Å². The van der Waals surface area contributed by atoms with E-state index in [1.165, 1.54) is 23.3 Å². The van der Waals surface area contributed by atoms with Crippen LogP contribution in [0, 0.1) is 6.92 Å². The van der Waals surface area contributed by atoms with E-state index in [4.69, 9.17) is 4.42 Å². The summed E-state index contributed by atoms with van der Waals surface area (Å²) < 4.78 is 32.8. The van der Waals surface area contributed by atoms with Crippen molar-refractivity contribution in [3.8, 4) is 0 Å². The van der Waals surface area contributed by atoms with E-state index in [9.17, 15) is 18.0 Å². The lowest BCUT2D eigenvalue weighted by Crippen LogP contribution is -2.54. The van der Waals surface area contributed by atoms with Gasteiger partial charge in [0.15, 0.2) is 0 Å². The van der Waals surface area contributed by atoms with Crippen molar-refractivity contribution in [3.63, 3.8) is 0 Å². The lowest BCUT2D eigenvalue weighted by Gasteiger charge is -2.32. The smallest absolute Gasteiger partial charge is 0.243 e. The Kier molecular flexibility index (Phi) is 8.02. The first kappa shape index (κ1) is 24.6. The fourth-order valence-electron chi connectivity index (χ4n) is 3.00. The standard InChI is InChI=1S/C22H31N3O5S/c1-6-19(21(27)24-22(3,4)5)25(15-17-8-7-13-30-17)20(26)14-23-31(28,29)18-11-9-16(2)10-12-18/h7-13,19,23H,6,14-15H2,1-5H3,(H,24,27). The lowest BCUT2D eigenvalue weighted by molar-refractivity contribution is -0.141. The molecule has 0 aliphatic rings. The molecule has 1 aromatic heterocycles. The van der Waals surface area contributed by atoms with Gasteiger partial charge in [-0.2, -0.15) is 0 Å². The van der Waals surface area contributed by atoms with Crippen molar-refractivity contribution >= 4 is 21.8 Å². The first-order valence-electron chi connectivity index (χ1n) is 10.1. The number of hydrogen-bond donors (Lipinski definition) is 2. The minimum Gasteiger partial charge on any atom is -0.467 e. The van der Waals surface area contributed by atoms with Crippen LogP contribution in [-0.4, -0.2) is 43.3 Å². The Hall–Kier alpha value is -2.65. The van der Waals surface area contributed by atoms with Crippen LogP contribution >= 0.6 is 0 Å². The van der Waals surface area contributed by atoms with E-state index in [2.05, 4.69) is 10.0 Å². The summed E-state index contributed by atoms with van der Waals surface area (Å²) in [5.74, 6) is -0.337. The van der Waals surface area contributed by atoms with Gasteiger partial charge in [-0.3, -0.25) is 9.59 Å². The number of sulfonamides is 1. The maximum Gasteiger partial charge on any atom is 0.243 e. The van der Waals surface area contributed by atoms with Crippen molar-refractivity contribution in [1.82, 2.24) is 14.9 Å². The summed E-state index contributed by atoms with van der Waals surface area (Å²) >= 11 is 0. The van der Waals surface area contributed by atoms with Crippen molar-refractivity contribution in [2.45, 2.75) is 64.1 Å². The molecule has 0 radical (unpaired) electrons. The molecule has 0 aliphatic heterocycles. The molecule has 0 aliphatic carbocycles. The average molecular weight is 450 g/mol. The number of benzene rings is 1. The number of nitrogens with zero attached hydrogens (tertiary/aromatic N) is 1. The minimum atomic E-state index is -3.87. The molecular weight excluding hydrogens is 418 g/mol. The predicted octanol–water partition coefficient (Wildman–Crippen LogP) is 2.59. The predicted molar refractivity (Wildman–Crippen MR) is 118 cm³/mol. The van der Waals surface area contributed by atoms with E-state index < -0.39 is 34.1 Å².